The molecule has 0 amide bonds. The molecule has 2 heterocycles. The normalized spacial score (nSPS) is 24.7. The van der Waals surface area contributed by atoms with Crippen molar-refractivity contribution < 1.29 is 0 Å². The molecule has 0 aliphatic carbocycles. The zero-order valence-electron chi connectivity index (χ0n) is 10.5. The molecule has 1 aliphatic heterocycles. The smallest absolute Gasteiger partial charge is 0.186 e. The molecule has 0 unspecified atom stereocenters. The molecule has 1 aliphatic rings. The van der Waals surface area contributed by atoms with Crippen molar-refractivity contribution in [2.24, 2.45) is 0 Å². The summed E-state index contributed by atoms with van der Waals surface area (Å²) in [5.74, 6) is 0. The molecule has 1 fully saturated rings. The summed E-state index contributed by atoms with van der Waals surface area (Å²) in [6, 6.07) is 6.89. The van der Waals surface area contributed by atoms with Crippen LogP contribution in [-0.2, 0) is 0 Å². The van der Waals surface area contributed by atoms with E-state index in [1.165, 1.54) is 0 Å². The van der Waals surface area contributed by atoms with Crippen molar-refractivity contribution in [1.29, 1.82) is 0 Å². The Morgan fingerprint density at radius 2 is 2.06 bits per heavy atom. The van der Waals surface area contributed by atoms with Gasteiger partial charge in [0.1, 0.15) is 0 Å². The number of nitrogens with one attached hydrogen (secondary N) is 1. The molecule has 18 heavy (non-hydrogen) atoms. The first-order valence-electron chi connectivity index (χ1n) is 6.19. The third-order valence-electron chi connectivity index (χ3n) is 3.17. The highest BCUT2D eigenvalue weighted by Gasteiger charge is 2.23. The van der Waals surface area contributed by atoms with E-state index in [4.69, 9.17) is 16.6 Å². The Balaban J connectivity index is 1.93. The van der Waals surface area contributed by atoms with Crippen LogP contribution in [0.3, 0.4) is 0 Å². The Labute approximate surface area is 116 Å². The lowest BCUT2D eigenvalue weighted by Crippen LogP contribution is -2.54. The number of rotatable bonds is 1. The first-order valence-corrected chi connectivity index (χ1v) is 7.38. The number of fused-ring (bicyclic) bond motifs is 1. The van der Waals surface area contributed by atoms with Gasteiger partial charge in [0, 0.05) is 30.2 Å². The van der Waals surface area contributed by atoms with E-state index in [1.54, 1.807) is 11.3 Å². The topological polar surface area (TPSA) is 28.2 Å². The Bertz CT molecular complexity index is 558. The monoisotopic (exact) mass is 281 g/mol. The molecule has 1 N–H and O–H groups in total. The zero-order valence-corrected chi connectivity index (χ0v) is 12.1. The van der Waals surface area contributed by atoms with Gasteiger partial charge in [0.25, 0.3) is 0 Å². The van der Waals surface area contributed by atoms with Gasteiger partial charge in [-0.25, -0.2) is 4.98 Å². The summed E-state index contributed by atoms with van der Waals surface area (Å²) in [6.45, 7) is 6.45. The molecule has 1 aromatic heterocycles. The van der Waals surface area contributed by atoms with E-state index in [9.17, 15) is 0 Å². The number of hydrogen-bond donors (Lipinski definition) is 1. The highest BCUT2D eigenvalue weighted by molar-refractivity contribution is 7.22. The van der Waals surface area contributed by atoms with Gasteiger partial charge in [0.05, 0.1) is 10.2 Å². The molecule has 3 rings (SSSR count). The number of aromatic nitrogens is 1. The first kappa shape index (κ1) is 12.2. The molecule has 0 radical (unpaired) electrons. The Morgan fingerprint density at radius 1 is 1.33 bits per heavy atom. The van der Waals surface area contributed by atoms with Crippen molar-refractivity contribution in [1.82, 2.24) is 10.3 Å². The summed E-state index contributed by atoms with van der Waals surface area (Å²) in [7, 11) is 0. The predicted octanol–water partition coefficient (Wildman–Crippen LogP) is 3.14. The average molecular weight is 282 g/mol. The standard InChI is InChI=1S/C13H16ClN3S/c1-8-6-17(7-9(2)15-8)13-16-11-4-3-10(14)5-12(11)18-13/h3-5,8-9,15H,6-7H2,1-2H3/t8-,9-/m1/s1. The van der Waals surface area contributed by atoms with E-state index >= 15 is 0 Å². The second-order valence-corrected chi connectivity index (χ2v) is 6.43. The van der Waals surface area contributed by atoms with Crippen molar-refractivity contribution in [3.63, 3.8) is 0 Å². The van der Waals surface area contributed by atoms with Crippen molar-refractivity contribution in [3.05, 3.63) is 23.2 Å². The summed E-state index contributed by atoms with van der Waals surface area (Å²) >= 11 is 7.74. The third-order valence-corrected chi connectivity index (χ3v) is 4.48. The fourth-order valence-corrected chi connectivity index (χ4v) is 3.76. The maximum Gasteiger partial charge on any atom is 0.186 e. The van der Waals surface area contributed by atoms with Gasteiger partial charge in [-0.2, -0.15) is 0 Å². The van der Waals surface area contributed by atoms with Crippen molar-refractivity contribution in [2.75, 3.05) is 18.0 Å². The number of thiazole rings is 1. The molecule has 2 aromatic rings. The maximum atomic E-state index is 6.02. The molecule has 96 valence electrons. The van der Waals surface area contributed by atoms with E-state index in [0.717, 1.165) is 33.5 Å². The number of halogens is 1. The Hall–Kier alpha value is -0.840. The van der Waals surface area contributed by atoms with Crippen LogP contribution in [-0.4, -0.2) is 30.2 Å². The molecule has 1 saturated heterocycles. The number of anilines is 1. The summed E-state index contributed by atoms with van der Waals surface area (Å²) in [5, 5.41) is 5.42. The van der Waals surface area contributed by atoms with E-state index in [1.807, 2.05) is 18.2 Å². The van der Waals surface area contributed by atoms with E-state index < -0.39 is 0 Å². The third kappa shape index (κ3) is 2.32. The summed E-state index contributed by atoms with van der Waals surface area (Å²) in [5.41, 5.74) is 1.04. The van der Waals surface area contributed by atoms with Crippen LogP contribution >= 0.6 is 22.9 Å². The van der Waals surface area contributed by atoms with Gasteiger partial charge >= 0.3 is 0 Å². The minimum Gasteiger partial charge on any atom is -0.345 e. The van der Waals surface area contributed by atoms with E-state index in [-0.39, 0.29) is 0 Å². The molecule has 1 aromatic carbocycles. The van der Waals surface area contributed by atoms with Gasteiger partial charge in [-0.3, -0.25) is 0 Å². The highest BCUT2D eigenvalue weighted by Crippen LogP contribution is 2.31. The summed E-state index contributed by atoms with van der Waals surface area (Å²) in [6.07, 6.45) is 0. The molecule has 0 spiro atoms. The Morgan fingerprint density at radius 3 is 2.78 bits per heavy atom. The lowest BCUT2D eigenvalue weighted by Gasteiger charge is -2.35. The number of piperazine rings is 1. The summed E-state index contributed by atoms with van der Waals surface area (Å²) in [4.78, 5) is 7.07. The number of nitrogens with zero attached hydrogens (tertiary/aromatic N) is 2. The van der Waals surface area contributed by atoms with Crippen LogP contribution in [0.1, 0.15) is 13.8 Å². The van der Waals surface area contributed by atoms with Crippen LogP contribution in [0.15, 0.2) is 18.2 Å². The zero-order chi connectivity index (χ0) is 12.7. The number of hydrogen-bond acceptors (Lipinski definition) is 4. The van der Waals surface area contributed by atoms with Crippen LogP contribution in [0, 0.1) is 0 Å². The van der Waals surface area contributed by atoms with Gasteiger partial charge < -0.3 is 10.2 Å². The number of benzene rings is 1. The van der Waals surface area contributed by atoms with Crippen molar-refractivity contribution >= 4 is 38.3 Å². The van der Waals surface area contributed by atoms with Crippen LogP contribution < -0.4 is 10.2 Å². The molecule has 0 bridgehead atoms. The van der Waals surface area contributed by atoms with Crippen LogP contribution in [0.5, 0.6) is 0 Å². The highest BCUT2D eigenvalue weighted by atomic mass is 35.5. The molecular formula is C13H16ClN3S. The molecule has 0 saturated carbocycles. The fraction of sp³-hybridized carbons (Fsp3) is 0.462. The van der Waals surface area contributed by atoms with Gasteiger partial charge in [-0.05, 0) is 32.0 Å². The van der Waals surface area contributed by atoms with E-state index in [0.29, 0.717) is 12.1 Å². The van der Waals surface area contributed by atoms with Gasteiger partial charge in [-0.1, -0.05) is 22.9 Å². The quantitative estimate of drug-likeness (QED) is 0.870. The lowest BCUT2D eigenvalue weighted by atomic mass is 10.2. The van der Waals surface area contributed by atoms with Crippen LogP contribution in [0.25, 0.3) is 10.2 Å². The maximum absolute atomic E-state index is 6.02. The summed E-state index contributed by atoms with van der Waals surface area (Å²) < 4.78 is 1.16. The second kappa shape index (κ2) is 4.68. The molecule has 5 heteroatoms. The fourth-order valence-electron chi connectivity index (χ4n) is 2.50. The van der Waals surface area contributed by atoms with Gasteiger partial charge in [-0.15, -0.1) is 0 Å². The largest absolute Gasteiger partial charge is 0.345 e. The second-order valence-electron chi connectivity index (χ2n) is 4.98. The SMILES string of the molecule is C[C@@H]1CN(c2nc3ccc(Cl)cc3s2)C[C@@H](C)N1. The first-order chi connectivity index (χ1) is 8.61. The van der Waals surface area contributed by atoms with Gasteiger partial charge in [0.15, 0.2) is 5.13 Å². The van der Waals surface area contributed by atoms with Gasteiger partial charge in [0.2, 0.25) is 0 Å². The molecule has 2 atom stereocenters. The van der Waals surface area contributed by atoms with E-state index in [2.05, 4.69) is 24.1 Å². The minimum atomic E-state index is 0.504. The predicted molar refractivity (Wildman–Crippen MR) is 78.9 cm³/mol. The minimum absolute atomic E-state index is 0.504. The van der Waals surface area contributed by atoms with Crippen LogP contribution in [0.4, 0.5) is 5.13 Å². The van der Waals surface area contributed by atoms with Crippen molar-refractivity contribution in [3.8, 4) is 0 Å². The van der Waals surface area contributed by atoms with Crippen LogP contribution in [0.2, 0.25) is 5.02 Å². The molecular weight excluding hydrogens is 266 g/mol. The molecule has 3 nitrogen and oxygen atoms in total. The average Bonchev–Trinajstić information content (AvgIpc) is 2.70. The lowest BCUT2D eigenvalue weighted by molar-refractivity contribution is 0.407. The Kier molecular flexibility index (Phi) is 3.18. The van der Waals surface area contributed by atoms with Crippen molar-refractivity contribution in [2.45, 2.75) is 25.9 Å².